The molecule has 0 amide bonds. The number of fused-ring (bicyclic) bond motifs is 1. The summed E-state index contributed by atoms with van der Waals surface area (Å²) < 4.78 is 15.3. The molecule has 3 rings (SSSR count). The van der Waals surface area contributed by atoms with Crippen LogP contribution in [0.2, 0.25) is 0 Å². The third kappa shape index (κ3) is 3.38. The van der Waals surface area contributed by atoms with E-state index in [0.717, 1.165) is 16.1 Å². The number of thiazole rings is 1. The van der Waals surface area contributed by atoms with Crippen molar-refractivity contribution in [1.29, 1.82) is 0 Å². The SMILES string of the molecule is Cc1c2cc(F)ccc2nn1C(CC(C)C)C(=O)Cc1nccs1. The van der Waals surface area contributed by atoms with Gasteiger partial charge in [-0.15, -0.1) is 11.3 Å². The maximum absolute atomic E-state index is 13.5. The molecule has 1 unspecified atom stereocenters. The summed E-state index contributed by atoms with van der Waals surface area (Å²) in [6.07, 6.45) is 2.71. The Hall–Kier alpha value is -2.08. The summed E-state index contributed by atoms with van der Waals surface area (Å²) in [5.41, 5.74) is 1.53. The molecule has 0 aliphatic carbocycles. The number of carbonyl (C=O) groups excluding carboxylic acids is 1. The Morgan fingerprint density at radius 2 is 2.17 bits per heavy atom. The molecule has 1 atom stereocenters. The second kappa shape index (κ2) is 6.81. The Labute approximate surface area is 144 Å². The first kappa shape index (κ1) is 16.8. The maximum atomic E-state index is 13.5. The van der Waals surface area contributed by atoms with Crippen LogP contribution in [-0.4, -0.2) is 20.5 Å². The van der Waals surface area contributed by atoms with Gasteiger partial charge >= 0.3 is 0 Å². The largest absolute Gasteiger partial charge is 0.297 e. The molecule has 2 heterocycles. The van der Waals surface area contributed by atoms with E-state index < -0.39 is 0 Å². The summed E-state index contributed by atoms with van der Waals surface area (Å²) >= 11 is 1.48. The fraction of sp³-hybridized carbons (Fsp3) is 0.389. The highest BCUT2D eigenvalue weighted by Gasteiger charge is 2.25. The van der Waals surface area contributed by atoms with Crippen molar-refractivity contribution in [2.45, 2.75) is 39.7 Å². The molecular formula is C18H20FN3OS. The van der Waals surface area contributed by atoms with Crippen LogP contribution in [0.25, 0.3) is 10.9 Å². The zero-order chi connectivity index (χ0) is 17.3. The third-order valence-electron chi connectivity index (χ3n) is 4.08. The van der Waals surface area contributed by atoms with Crippen molar-refractivity contribution in [2.75, 3.05) is 0 Å². The van der Waals surface area contributed by atoms with E-state index in [1.165, 1.54) is 23.5 Å². The van der Waals surface area contributed by atoms with Crippen molar-refractivity contribution < 1.29 is 9.18 Å². The van der Waals surface area contributed by atoms with Gasteiger partial charge in [-0.25, -0.2) is 9.37 Å². The molecule has 4 nitrogen and oxygen atoms in total. The number of benzene rings is 1. The molecule has 1 aromatic carbocycles. The second-order valence-electron chi connectivity index (χ2n) is 6.41. The van der Waals surface area contributed by atoms with Crippen molar-refractivity contribution >= 4 is 28.0 Å². The summed E-state index contributed by atoms with van der Waals surface area (Å²) in [5.74, 6) is 0.147. The lowest BCUT2D eigenvalue weighted by atomic mass is 9.98. The number of hydrogen-bond donors (Lipinski definition) is 0. The molecule has 6 heteroatoms. The smallest absolute Gasteiger partial charge is 0.164 e. The van der Waals surface area contributed by atoms with Gasteiger partial charge in [0.1, 0.15) is 11.9 Å². The molecule has 24 heavy (non-hydrogen) atoms. The number of ketones is 1. The van der Waals surface area contributed by atoms with Crippen LogP contribution in [0.5, 0.6) is 0 Å². The zero-order valence-corrected chi connectivity index (χ0v) is 14.8. The lowest BCUT2D eigenvalue weighted by Gasteiger charge is -2.19. The first-order chi connectivity index (χ1) is 11.5. The monoisotopic (exact) mass is 345 g/mol. The van der Waals surface area contributed by atoms with Crippen molar-refractivity contribution in [3.8, 4) is 0 Å². The van der Waals surface area contributed by atoms with E-state index in [1.54, 1.807) is 16.9 Å². The summed E-state index contributed by atoms with van der Waals surface area (Å²) in [6.45, 7) is 6.06. The van der Waals surface area contributed by atoms with Gasteiger partial charge in [0, 0.05) is 22.7 Å². The van der Waals surface area contributed by atoms with Gasteiger partial charge in [0.05, 0.1) is 16.9 Å². The molecule has 2 aromatic heterocycles. The third-order valence-corrected chi connectivity index (χ3v) is 4.86. The molecule has 0 fully saturated rings. The van der Waals surface area contributed by atoms with Crippen molar-refractivity contribution in [1.82, 2.24) is 14.8 Å². The summed E-state index contributed by atoms with van der Waals surface area (Å²) in [7, 11) is 0. The summed E-state index contributed by atoms with van der Waals surface area (Å²) in [6, 6.07) is 4.18. The van der Waals surface area contributed by atoms with Gasteiger partial charge in [0.25, 0.3) is 0 Å². The normalized spacial score (nSPS) is 12.9. The van der Waals surface area contributed by atoms with Crippen molar-refractivity contribution in [3.05, 3.63) is 46.3 Å². The minimum absolute atomic E-state index is 0.0926. The van der Waals surface area contributed by atoms with E-state index in [1.807, 2.05) is 12.3 Å². The van der Waals surface area contributed by atoms with Crippen LogP contribution in [0.15, 0.2) is 29.8 Å². The maximum Gasteiger partial charge on any atom is 0.164 e. The predicted octanol–water partition coefficient (Wildman–Crippen LogP) is 4.34. The molecule has 0 saturated heterocycles. The molecule has 126 valence electrons. The molecule has 0 radical (unpaired) electrons. The van der Waals surface area contributed by atoms with Gasteiger partial charge in [-0.3, -0.25) is 9.48 Å². The number of halogens is 1. The topological polar surface area (TPSA) is 47.8 Å². The van der Waals surface area contributed by atoms with E-state index in [-0.39, 0.29) is 17.6 Å². The van der Waals surface area contributed by atoms with Gasteiger partial charge in [-0.2, -0.15) is 5.10 Å². The Balaban J connectivity index is 1.99. The van der Waals surface area contributed by atoms with Crippen LogP contribution in [0.1, 0.15) is 37.0 Å². The minimum atomic E-state index is -0.357. The van der Waals surface area contributed by atoms with E-state index >= 15 is 0 Å². The number of rotatable bonds is 6. The average Bonchev–Trinajstić information content (AvgIpc) is 3.13. The van der Waals surface area contributed by atoms with Crippen LogP contribution < -0.4 is 0 Å². The number of aromatic nitrogens is 3. The number of hydrogen-bond acceptors (Lipinski definition) is 4. The predicted molar refractivity (Wildman–Crippen MR) is 93.7 cm³/mol. The lowest BCUT2D eigenvalue weighted by molar-refractivity contribution is -0.122. The van der Waals surface area contributed by atoms with E-state index in [9.17, 15) is 9.18 Å². The Bertz CT molecular complexity index is 855. The van der Waals surface area contributed by atoms with Crippen LogP contribution in [0.3, 0.4) is 0 Å². The molecule has 0 N–H and O–H groups in total. The fourth-order valence-electron chi connectivity index (χ4n) is 2.92. The quantitative estimate of drug-likeness (QED) is 0.668. The first-order valence-electron chi connectivity index (χ1n) is 8.01. The highest BCUT2D eigenvalue weighted by atomic mass is 32.1. The van der Waals surface area contributed by atoms with Crippen LogP contribution in [0.4, 0.5) is 4.39 Å². The molecule has 3 aromatic rings. The zero-order valence-electron chi connectivity index (χ0n) is 14.0. The molecule has 0 saturated carbocycles. The van der Waals surface area contributed by atoms with Gasteiger partial charge < -0.3 is 0 Å². The molecular weight excluding hydrogens is 325 g/mol. The van der Waals surface area contributed by atoms with Crippen molar-refractivity contribution in [2.24, 2.45) is 5.92 Å². The first-order valence-corrected chi connectivity index (χ1v) is 8.89. The van der Waals surface area contributed by atoms with E-state index in [2.05, 4.69) is 23.9 Å². The van der Waals surface area contributed by atoms with Gasteiger partial charge in [0.15, 0.2) is 5.78 Å². The second-order valence-corrected chi connectivity index (χ2v) is 7.38. The Morgan fingerprint density at radius 1 is 1.38 bits per heavy atom. The van der Waals surface area contributed by atoms with Crippen LogP contribution in [0, 0.1) is 18.7 Å². The fourth-order valence-corrected chi connectivity index (χ4v) is 3.55. The average molecular weight is 345 g/mol. The Kier molecular flexibility index (Phi) is 4.76. The standard InChI is InChI=1S/C18H20FN3OS/c1-11(2)8-16(17(23)10-18-20-6-7-24-18)22-12(3)14-9-13(19)4-5-15(14)21-22/h4-7,9,11,16H,8,10H2,1-3H3. The van der Waals surface area contributed by atoms with E-state index in [0.29, 0.717) is 24.3 Å². The summed E-state index contributed by atoms with van der Waals surface area (Å²) in [5, 5.41) is 8.01. The molecule has 0 bridgehead atoms. The lowest BCUT2D eigenvalue weighted by Crippen LogP contribution is -2.25. The molecule has 0 aliphatic rings. The Morgan fingerprint density at radius 3 is 2.83 bits per heavy atom. The molecule has 0 spiro atoms. The highest BCUT2D eigenvalue weighted by molar-refractivity contribution is 7.09. The van der Waals surface area contributed by atoms with Gasteiger partial charge in [-0.05, 0) is 37.5 Å². The number of carbonyl (C=O) groups is 1. The van der Waals surface area contributed by atoms with Gasteiger partial charge in [-0.1, -0.05) is 13.8 Å². The van der Waals surface area contributed by atoms with E-state index in [4.69, 9.17) is 0 Å². The summed E-state index contributed by atoms with van der Waals surface area (Å²) in [4.78, 5) is 17.1. The van der Waals surface area contributed by atoms with Crippen LogP contribution in [-0.2, 0) is 11.2 Å². The molecule has 0 aliphatic heterocycles. The number of Topliss-reactive ketones (excluding diaryl/α,β-unsaturated/α-hetero) is 1. The van der Waals surface area contributed by atoms with Gasteiger partial charge in [0.2, 0.25) is 0 Å². The highest BCUT2D eigenvalue weighted by Crippen LogP contribution is 2.27. The van der Waals surface area contributed by atoms with Crippen LogP contribution >= 0.6 is 11.3 Å². The van der Waals surface area contributed by atoms with Crippen molar-refractivity contribution in [3.63, 3.8) is 0 Å². The minimum Gasteiger partial charge on any atom is -0.297 e. The number of nitrogens with zero attached hydrogens (tertiary/aromatic N) is 3. The number of aryl methyl sites for hydroxylation is 1.